The Morgan fingerprint density at radius 3 is 3.31 bits per heavy atom. The molecule has 2 heterocycles. The van der Waals surface area contributed by atoms with E-state index in [0.717, 1.165) is 0 Å². The Balaban J connectivity index is 1.83. The smallest absolute Gasteiger partial charge is 0.197 e. The van der Waals surface area contributed by atoms with Gasteiger partial charge in [0.2, 0.25) is 0 Å². The molecule has 67 valence electrons. The maximum atomic E-state index is 4.20. The van der Waals surface area contributed by atoms with E-state index in [1.165, 1.54) is 31.6 Å². The molecule has 1 saturated heterocycles. The van der Waals surface area contributed by atoms with Gasteiger partial charge in [-0.05, 0) is 30.9 Å². The summed E-state index contributed by atoms with van der Waals surface area (Å²) in [7, 11) is 0. The van der Waals surface area contributed by atoms with E-state index in [9.17, 15) is 0 Å². The van der Waals surface area contributed by atoms with Crippen molar-refractivity contribution in [2.75, 3.05) is 13.1 Å². The van der Waals surface area contributed by atoms with E-state index in [1.807, 2.05) is 6.07 Å². The van der Waals surface area contributed by atoms with Gasteiger partial charge in [0.15, 0.2) is 6.33 Å². The van der Waals surface area contributed by atoms with Crippen LogP contribution in [-0.2, 0) is 0 Å². The first-order valence-electron chi connectivity index (χ1n) is 4.80. The van der Waals surface area contributed by atoms with Crippen LogP contribution in [0.3, 0.4) is 0 Å². The molecule has 2 unspecified atom stereocenters. The highest BCUT2D eigenvalue weighted by Gasteiger charge is 2.56. The van der Waals surface area contributed by atoms with Gasteiger partial charge in [-0.3, -0.25) is 0 Å². The molecule has 13 heavy (non-hydrogen) atoms. The van der Waals surface area contributed by atoms with Gasteiger partial charge in [-0.2, -0.15) is 0 Å². The minimum Gasteiger partial charge on any atom is -0.316 e. The number of hydrogen-bond donors (Lipinski definition) is 1. The molecular weight excluding hydrogens is 162 g/mol. The molecule has 3 heteroatoms. The Morgan fingerprint density at radius 1 is 1.62 bits per heavy atom. The van der Waals surface area contributed by atoms with E-state index in [4.69, 9.17) is 0 Å². The van der Waals surface area contributed by atoms with Gasteiger partial charge in [0.05, 0.1) is 0 Å². The highest BCUT2D eigenvalue weighted by Crippen LogP contribution is 2.61. The molecule has 0 amide bonds. The number of rotatable bonds is 1. The third-order valence-electron chi connectivity index (χ3n) is 3.38. The number of hydrogen-bond acceptors (Lipinski definition) is 3. The predicted octanol–water partition coefficient (Wildman–Crippen LogP) is 0.744. The largest absolute Gasteiger partial charge is 0.316 e. The Bertz CT molecular complexity index is 303. The Hall–Kier alpha value is -0.960. The molecule has 2 fully saturated rings. The van der Waals surface area contributed by atoms with E-state index >= 15 is 0 Å². The summed E-state index contributed by atoms with van der Waals surface area (Å²) in [5.41, 5.74) is 1.72. The maximum Gasteiger partial charge on any atom is 0.197 e. The Kier molecular flexibility index (Phi) is 1.44. The minimum atomic E-state index is 0.544. The molecule has 2 atom stereocenters. The molecule has 0 bridgehead atoms. The monoisotopic (exact) mass is 174 g/mol. The minimum absolute atomic E-state index is 0.544. The van der Waals surface area contributed by atoms with Crippen molar-refractivity contribution in [1.29, 1.82) is 0 Å². The highest BCUT2D eigenvalue weighted by atomic mass is 15.0. The van der Waals surface area contributed by atoms with Crippen molar-refractivity contribution in [2.24, 2.45) is 5.41 Å². The first kappa shape index (κ1) is 7.44. The van der Waals surface area contributed by atoms with Crippen LogP contribution in [0.25, 0.3) is 0 Å². The molecule has 3 nitrogen and oxygen atoms in total. The summed E-state index contributed by atoms with van der Waals surface area (Å²) in [5.74, 6) is 0.668. The Labute approximate surface area is 77.6 Å². The molecule has 1 aromatic heterocycles. The third kappa shape index (κ3) is 1.07. The Morgan fingerprint density at radius 2 is 2.62 bits per heavy atom. The van der Waals surface area contributed by atoms with Crippen LogP contribution in [0.2, 0.25) is 0 Å². The lowest BCUT2D eigenvalue weighted by Crippen LogP contribution is -2.11. The first-order valence-corrected chi connectivity index (χ1v) is 4.80. The lowest BCUT2D eigenvalue weighted by Gasteiger charge is -2.05. The van der Waals surface area contributed by atoms with E-state index in [2.05, 4.69) is 21.6 Å². The standard InChI is InChI=1S/C10H12N3/c1-3-12-7-13-9(1)8-5-10(8)2-4-11-6-10/h1,3,8,11H,2,4-6H2. The second kappa shape index (κ2) is 2.51. The van der Waals surface area contributed by atoms with Gasteiger partial charge >= 0.3 is 0 Å². The molecule has 1 spiro atoms. The van der Waals surface area contributed by atoms with Crippen molar-refractivity contribution in [3.63, 3.8) is 0 Å². The molecule has 1 saturated carbocycles. The van der Waals surface area contributed by atoms with Crippen molar-refractivity contribution in [2.45, 2.75) is 18.8 Å². The summed E-state index contributed by atoms with van der Waals surface area (Å²) >= 11 is 0. The summed E-state index contributed by atoms with van der Waals surface area (Å²) in [6.07, 6.45) is 7.06. The fourth-order valence-electron chi connectivity index (χ4n) is 2.47. The first-order chi connectivity index (χ1) is 6.41. The lowest BCUT2D eigenvalue weighted by molar-refractivity contribution is 0.545. The van der Waals surface area contributed by atoms with Gasteiger partial charge in [-0.1, -0.05) is 0 Å². The zero-order valence-corrected chi connectivity index (χ0v) is 7.45. The zero-order chi connectivity index (χ0) is 8.73. The number of aromatic nitrogens is 2. The van der Waals surface area contributed by atoms with Gasteiger partial charge < -0.3 is 5.32 Å². The average molecular weight is 174 g/mol. The van der Waals surface area contributed by atoms with Crippen molar-refractivity contribution >= 4 is 0 Å². The van der Waals surface area contributed by atoms with Gasteiger partial charge in [0.1, 0.15) is 0 Å². The van der Waals surface area contributed by atoms with Crippen molar-refractivity contribution in [1.82, 2.24) is 15.3 Å². The fourth-order valence-corrected chi connectivity index (χ4v) is 2.47. The highest BCUT2D eigenvalue weighted by molar-refractivity contribution is 5.24. The van der Waals surface area contributed by atoms with E-state index < -0.39 is 0 Å². The normalized spacial score (nSPS) is 36.8. The van der Waals surface area contributed by atoms with Gasteiger partial charge in [0, 0.05) is 24.4 Å². The van der Waals surface area contributed by atoms with E-state index in [-0.39, 0.29) is 0 Å². The molecule has 0 aromatic carbocycles. The summed E-state index contributed by atoms with van der Waals surface area (Å²) in [6, 6.07) is 2.02. The van der Waals surface area contributed by atoms with Gasteiger partial charge in [-0.25, -0.2) is 9.97 Å². The summed E-state index contributed by atoms with van der Waals surface area (Å²) < 4.78 is 0. The van der Waals surface area contributed by atoms with Crippen molar-refractivity contribution < 1.29 is 0 Å². The van der Waals surface area contributed by atoms with E-state index in [0.29, 0.717) is 11.3 Å². The van der Waals surface area contributed by atoms with Crippen LogP contribution in [0.5, 0.6) is 0 Å². The SMILES string of the molecule is [c]1nccc(C2CC23CCNC3)n1. The number of nitrogens with one attached hydrogen (secondary N) is 1. The van der Waals surface area contributed by atoms with Crippen molar-refractivity contribution in [3.05, 3.63) is 24.3 Å². The zero-order valence-electron chi connectivity index (χ0n) is 7.45. The summed E-state index contributed by atoms with van der Waals surface area (Å²) in [4.78, 5) is 8.01. The fraction of sp³-hybridized carbons (Fsp3) is 0.600. The third-order valence-corrected chi connectivity index (χ3v) is 3.38. The van der Waals surface area contributed by atoms with Crippen LogP contribution >= 0.6 is 0 Å². The second-order valence-electron chi connectivity index (χ2n) is 4.13. The van der Waals surface area contributed by atoms with Crippen LogP contribution < -0.4 is 5.32 Å². The van der Waals surface area contributed by atoms with Crippen LogP contribution in [0, 0.1) is 11.7 Å². The molecular formula is C10H12N3. The summed E-state index contributed by atoms with van der Waals surface area (Å²) in [6.45, 7) is 2.34. The second-order valence-corrected chi connectivity index (χ2v) is 4.13. The van der Waals surface area contributed by atoms with E-state index in [1.54, 1.807) is 6.20 Å². The van der Waals surface area contributed by atoms with Gasteiger partial charge in [-0.15, -0.1) is 0 Å². The van der Waals surface area contributed by atoms with Crippen LogP contribution in [0.15, 0.2) is 12.3 Å². The predicted molar refractivity (Wildman–Crippen MR) is 48.1 cm³/mol. The molecule has 3 rings (SSSR count). The number of nitrogens with zero attached hydrogens (tertiary/aromatic N) is 2. The quantitative estimate of drug-likeness (QED) is 0.682. The molecule has 1 aromatic rings. The van der Waals surface area contributed by atoms with Crippen molar-refractivity contribution in [3.8, 4) is 0 Å². The van der Waals surface area contributed by atoms with Crippen LogP contribution in [-0.4, -0.2) is 23.1 Å². The van der Waals surface area contributed by atoms with Crippen LogP contribution in [0.4, 0.5) is 0 Å². The molecule has 1 N–H and O–H groups in total. The average Bonchev–Trinajstić information content (AvgIpc) is 2.66. The lowest BCUT2D eigenvalue weighted by atomic mass is 10.0. The molecule has 2 aliphatic rings. The van der Waals surface area contributed by atoms with Crippen LogP contribution in [0.1, 0.15) is 24.5 Å². The maximum absolute atomic E-state index is 4.20. The molecule has 1 aliphatic carbocycles. The summed E-state index contributed by atoms with van der Waals surface area (Å²) in [5, 5.41) is 3.42. The molecule has 1 aliphatic heterocycles. The van der Waals surface area contributed by atoms with Gasteiger partial charge in [0.25, 0.3) is 0 Å². The topological polar surface area (TPSA) is 37.8 Å². The molecule has 1 radical (unpaired) electrons.